The van der Waals surface area contributed by atoms with Gasteiger partial charge in [0.25, 0.3) is 0 Å². The van der Waals surface area contributed by atoms with Crippen LogP contribution in [0.5, 0.6) is 0 Å². The van der Waals surface area contributed by atoms with E-state index in [0.29, 0.717) is 5.69 Å². The first-order valence-electron chi connectivity index (χ1n) is 5.18. The van der Waals surface area contributed by atoms with Crippen molar-refractivity contribution in [1.29, 1.82) is 0 Å². The summed E-state index contributed by atoms with van der Waals surface area (Å²) < 4.78 is 13.3. The SMILES string of the molecule is Nc1cc(C(=O)O)cnc1Nc1ccc(Cl)c(F)c1. The van der Waals surface area contributed by atoms with Crippen LogP contribution in [0.4, 0.5) is 21.6 Å². The topological polar surface area (TPSA) is 88.2 Å². The van der Waals surface area contributed by atoms with E-state index in [1.807, 2.05) is 0 Å². The summed E-state index contributed by atoms with van der Waals surface area (Å²) in [6.45, 7) is 0. The predicted molar refractivity (Wildman–Crippen MR) is 70.3 cm³/mol. The first-order chi connectivity index (χ1) is 8.97. The Morgan fingerprint density at radius 1 is 1.42 bits per heavy atom. The van der Waals surface area contributed by atoms with E-state index < -0.39 is 11.8 Å². The lowest BCUT2D eigenvalue weighted by molar-refractivity contribution is 0.0696. The Hall–Kier alpha value is -2.34. The van der Waals surface area contributed by atoms with E-state index in [1.54, 1.807) is 6.07 Å². The van der Waals surface area contributed by atoms with Gasteiger partial charge < -0.3 is 16.2 Å². The van der Waals surface area contributed by atoms with Crippen LogP contribution in [-0.4, -0.2) is 16.1 Å². The highest BCUT2D eigenvalue weighted by molar-refractivity contribution is 6.30. The maximum atomic E-state index is 13.3. The number of hydrogen-bond acceptors (Lipinski definition) is 4. The third-order valence-electron chi connectivity index (χ3n) is 2.35. The van der Waals surface area contributed by atoms with Gasteiger partial charge in [0.2, 0.25) is 0 Å². The van der Waals surface area contributed by atoms with Gasteiger partial charge in [0.05, 0.1) is 16.3 Å². The molecule has 0 saturated heterocycles. The maximum absolute atomic E-state index is 13.3. The second kappa shape index (κ2) is 5.11. The zero-order valence-corrected chi connectivity index (χ0v) is 10.3. The number of aromatic carboxylic acids is 1. The van der Waals surface area contributed by atoms with E-state index in [0.717, 1.165) is 6.20 Å². The number of nitrogen functional groups attached to an aromatic ring is 1. The average molecular weight is 282 g/mol. The van der Waals surface area contributed by atoms with Crippen molar-refractivity contribution in [3.05, 3.63) is 46.9 Å². The summed E-state index contributed by atoms with van der Waals surface area (Å²) in [5.41, 5.74) is 6.20. The number of carboxylic acids is 1. The fourth-order valence-corrected chi connectivity index (χ4v) is 1.53. The van der Waals surface area contributed by atoms with E-state index >= 15 is 0 Å². The number of anilines is 3. The molecule has 5 nitrogen and oxygen atoms in total. The molecule has 0 radical (unpaired) electrons. The van der Waals surface area contributed by atoms with Crippen molar-refractivity contribution < 1.29 is 14.3 Å². The highest BCUT2D eigenvalue weighted by Gasteiger charge is 2.08. The molecule has 0 amide bonds. The third kappa shape index (κ3) is 2.92. The fraction of sp³-hybridized carbons (Fsp3) is 0. The molecular weight excluding hydrogens is 273 g/mol. The first-order valence-corrected chi connectivity index (χ1v) is 5.56. The molecule has 1 heterocycles. The van der Waals surface area contributed by atoms with Crippen molar-refractivity contribution in [1.82, 2.24) is 4.98 Å². The van der Waals surface area contributed by atoms with Crippen LogP contribution in [0, 0.1) is 5.82 Å². The minimum atomic E-state index is -1.12. The van der Waals surface area contributed by atoms with Crippen molar-refractivity contribution in [3.63, 3.8) is 0 Å². The Balaban J connectivity index is 2.28. The number of rotatable bonds is 3. The van der Waals surface area contributed by atoms with Crippen LogP contribution in [0.25, 0.3) is 0 Å². The molecule has 0 atom stereocenters. The van der Waals surface area contributed by atoms with Gasteiger partial charge in [0.1, 0.15) is 5.82 Å². The molecule has 19 heavy (non-hydrogen) atoms. The quantitative estimate of drug-likeness (QED) is 0.805. The van der Waals surface area contributed by atoms with Gasteiger partial charge >= 0.3 is 5.97 Å². The second-order valence-electron chi connectivity index (χ2n) is 3.72. The van der Waals surface area contributed by atoms with Crippen LogP contribution < -0.4 is 11.1 Å². The Morgan fingerprint density at radius 2 is 2.16 bits per heavy atom. The number of benzene rings is 1. The van der Waals surface area contributed by atoms with E-state index in [-0.39, 0.29) is 22.1 Å². The van der Waals surface area contributed by atoms with Crippen molar-refractivity contribution in [2.75, 3.05) is 11.1 Å². The molecule has 0 aliphatic rings. The van der Waals surface area contributed by atoms with E-state index in [2.05, 4.69) is 10.3 Å². The zero-order chi connectivity index (χ0) is 14.0. The summed E-state index contributed by atoms with van der Waals surface area (Å²) in [5.74, 6) is -1.46. The van der Waals surface area contributed by atoms with Gasteiger partial charge in [-0.1, -0.05) is 11.6 Å². The zero-order valence-electron chi connectivity index (χ0n) is 9.52. The number of aromatic nitrogens is 1. The standard InChI is InChI=1S/C12H9ClFN3O2/c13-8-2-1-7(4-9(8)14)17-11-10(15)3-6(5-16-11)12(18)19/h1-5H,15H2,(H,16,17)(H,18,19). The Morgan fingerprint density at radius 3 is 2.74 bits per heavy atom. The lowest BCUT2D eigenvalue weighted by Gasteiger charge is -2.09. The molecule has 0 saturated carbocycles. The van der Waals surface area contributed by atoms with Crippen LogP contribution in [-0.2, 0) is 0 Å². The molecule has 2 aromatic rings. The Bertz CT molecular complexity index is 649. The normalized spacial score (nSPS) is 10.2. The molecule has 98 valence electrons. The summed E-state index contributed by atoms with van der Waals surface area (Å²) in [7, 11) is 0. The number of pyridine rings is 1. The molecule has 0 fully saturated rings. The summed E-state index contributed by atoms with van der Waals surface area (Å²) >= 11 is 5.56. The largest absolute Gasteiger partial charge is 0.478 e. The monoisotopic (exact) mass is 281 g/mol. The molecular formula is C12H9ClFN3O2. The van der Waals surface area contributed by atoms with Gasteiger partial charge in [-0.05, 0) is 24.3 Å². The van der Waals surface area contributed by atoms with Gasteiger partial charge in [-0.3, -0.25) is 0 Å². The summed E-state index contributed by atoms with van der Waals surface area (Å²) in [6.07, 6.45) is 1.16. The first kappa shape index (κ1) is 13.1. The molecule has 1 aromatic heterocycles. The van der Waals surface area contributed by atoms with Crippen molar-refractivity contribution >= 4 is 34.8 Å². The van der Waals surface area contributed by atoms with E-state index in [1.165, 1.54) is 18.2 Å². The van der Waals surface area contributed by atoms with Gasteiger partial charge in [-0.15, -0.1) is 0 Å². The molecule has 0 aliphatic carbocycles. The number of hydrogen-bond donors (Lipinski definition) is 3. The van der Waals surface area contributed by atoms with Crippen LogP contribution >= 0.6 is 11.6 Å². The van der Waals surface area contributed by atoms with E-state index in [4.69, 9.17) is 22.4 Å². The van der Waals surface area contributed by atoms with Crippen molar-refractivity contribution in [3.8, 4) is 0 Å². The minimum Gasteiger partial charge on any atom is -0.478 e. The lowest BCUT2D eigenvalue weighted by Crippen LogP contribution is -2.04. The van der Waals surface area contributed by atoms with Gasteiger partial charge in [0, 0.05) is 11.9 Å². The Labute approximate surface area is 112 Å². The minimum absolute atomic E-state index is 0.00714. The fourth-order valence-electron chi connectivity index (χ4n) is 1.41. The number of nitrogens with one attached hydrogen (secondary N) is 1. The van der Waals surface area contributed by atoms with Crippen LogP contribution in [0.3, 0.4) is 0 Å². The lowest BCUT2D eigenvalue weighted by atomic mass is 10.2. The van der Waals surface area contributed by atoms with Crippen molar-refractivity contribution in [2.45, 2.75) is 0 Å². The van der Waals surface area contributed by atoms with Gasteiger partial charge in [-0.25, -0.2) is 14.2 Å². The van der Waals surface area contributed by atoms with Gasteiger partial charge in [-0.2, -0.15) is 0 Å². The molecule has 2 rings (SSSR count). The molecule has 0 unspecified atom stereocenters. The van der Waals surface area contributed by atoms with Gasteiger partial charge in [0.15, 0.2) is 5.82 Å². The highest BCUT2D eigenvalue weighted by atomic mass is 35.5. The number of carbonyl (C=O) groups is 1. The average Bonchev–Trinajstić information content (AvgIpc) is 2.36. The number of carboxylic acid groups (broad SMARTS) is 1. The Kier molecular flexibility index (Phi) is 3.52. The summed E-state index contributed by atoms with van der Waals surface area (Å²) in [4.78, 5) is 14.6. The van der Waals surface area contributed by atoms with Crippen LogP contribution in [0.2, 0.25) is 5.02 Å². The second-order valence-corrected chi connectivity index (χ2v) is 4.13. The molecule has 0 aliphatic heterocycles. The maximum Gasteiger partial charge on any atom is 0.337 e. The smallest absolute Gasteiger partial charge is 0.337 e. The van der Waals surface area contributed by atoms with Crippen LogP contribution in [0.15, 0.2) is 30.5 Å². The van der Waals surface area contributed by atoms with Crippen LogP contribution in [0.1, 0.15) is 10.4 Å². The number of halogens is 2. The number of nitrogens with zero attached hydrogens (tertiary/aromatic N) is 1. The highest BCUT2D eigenvalue weighted by Crippen LogP contribution is 2.24. The summed E-state index contributed by atoms with van der Waals surface area (Å²) in [6, 6.07) is 5.40. The third-order valence-corrected chi connectivity index (χ3v) is 2.65. The molecule has 1 aromatic carbocycles. The summed E-state index contributed by atoms with van der Waals surface area (Å²) in [5, 5.41) is 11.6. The number of nitrogens with two attached hydrogens (primary N) is 1. The molecule has 0 bridgehead atoms. The molecule has 7 heteroatoms. The molecule has 4 N–H and O–H groups in total. The van der Waals surface area contributed by atoms with E-state index in [9.17, 15) is 9.18 Å². The molecule has 0 spiro atoms. The van der Waals surface area contributed by atoms with Crippen molar-refractivity contribution in [2.24, 2.45) is 0 Å². The predicted octanol–water partition coefficient (Wildman–Crippen LogP) is 2.90.